The molecule has 0 aromatic carbocycles. The van der Waals surface area contributed by atoms with Gasteiger partial charge in [-0.3, -0.25) is 4.90 Å². The van der Waals surface area contributed by atoms with Crippen molar-refractivity contribution < 1.29 is 9.21 Å². The molecule has 3 rings (SSSR count). The van der Waals surface area contributed by atoms with Gasteiger partial charge in [-0.15, -0.1) is 21.5 Å². The Morgan fingerprint density at radius 1 is 1.45 bits per heavy atom. The second-order valence-electron chi connectivity index (χ2n) is 4.77. The van der Waals surface area contributed by atoms with E-state index in [0.29, 0.717) is 18.3 Å². The van der Waals surface area contributed by atoms with Gasteiger partial charge in [0.05, 0.1) is 21.3 Å². The molecule has 2 aromatic rings. The first kappa shape index (κ1) is 13.9. The van der Waals surface area contributed by atoms with Gasteiger partial charge < -0.3 is 9.21 Å². The molecule has 1 fully saturated rings. The lowest BCUT2D eigenvalue weighted by Gasteiger charge is -2.30. The van der Waals surface area contributed by atoms with Gasteiger partial charge in [0, 0.05) is 0 Å². The average Bonchev–Trinajstić information content (AvgIpc) is 3.08. The van der Waals surface area contributed by atoms with Crippen LogP contribution in [0.3, 0.4) is 0 Å². The molecule has 0 radical (unpaired) electrons. The molecular weight excluding hydrogens is 342 g/mol. The summed E-state index contributed by atoms with van der Waals surface area (Å²) in [6.07, 6.45) is 4.16. The van der Waals surface area contributed by atoms with Gasteiger partial charge in [0.25, 0.3) is 5.89 Å². The van der Waals surface area contributed by atoms with Gasteiger partial charge in [0.15, 0.2) is 0 Å². The molecular formula is C13H14BrN3O2S. The van der Waals surface area contributed by atoms with Crippen LogP contribution < -0.4 is 0 Å². The fraction of sp³-hybridized carbons (Fsp3) is 0.462. The first-order valence-electron chi connectivity index (χ1n) is 6.53. The molecule has 0 N–H and O–H groups in total. The molecule has 1 aliphatic heterocycles. The van der Waals surface area contributed by atoms with Gasteiger partial charge in [0.1, 0.15) is 6.29 Å². The highest BCUT2D eigenvalue weighted by Crippen LogP contribution is 2.30. The number of aromatic nitrogens is 2. The molecule has 1 atom stereocenters. The predicted molar refractivity (Wildman–Crippen MR) is 79.4 cm³/mol. The summed E-state index contributed by atoms with van der Waals surface area (Å²) in [6, 6.07) is 3.88. The molecule has 5 nitrogen and oxygen atoms in total. The van der Waals surface area contributed by atoms with Crippen LogP contribution >= 0.6 is 27.3 Å². The molecule has 7 heteroatoms. The Morgan fingerprint density at radius 2 is 2.35 bits per heavy atom. The van der Waals surface area contributed by atoms with Gasteiger partial charge >= 0.3 is 0 Å². The zero-order valence-corrected chi connectivity index (χ0v) is 13.2. The highest BCUT2D eigenvalue weighted by atomic mass is 79.9. The van der Waals surface area contributed by atoms with Gasteiger partial charge in [0.2, 0.25) is 5.89 Å². The van der Waals surface area contributed by atoms with Crippen molar-refractivity contribution in [2.45, 2.75) is 31.8 Å². The minimum Gasteiger partial charge on any atom is -0.419 e. The number of likely N-dealkylation sites (tertiary alicyclic amines) is 1. The van der Waals surface area contributed by atoms with Crippen LogP contribution in [0, 0.1) is 0 Å². The second-order valence-corrected chi connectivity index (χ2v) is 7.24. The maximum absolute atomic E-state index is 11.1. The van der Waals surface area contributed by atoms with Crippen LogP contribution in [-0.4, -0.2) is 34.0 Å². The van der Waals surface area contributed by atoms with Gasteiger partial charge in [-0.05, 0) is 47.4 Å². The van der Waals surface area contributed by atoms with Crippen LogP contribution in [0.2, 0.25) is 0 Å². The summed E-state index contributed by atoms with van der Waals surface area (Å²) in [5.41, 5.74) is 0. The largest absolute Gasteiger partial charge is 0.419 e. The van der Waals surface area contributed by atoms with Crippen LogP contribution in [0.15, 0.2) is 20.3 Å². The number of rotatable bonds is 4. The highest BCUT2D eigenvalue weighted by molar-refractivity contribution is 9.11. The van der Waals surface area contributed by atoms with E-state index in [1.165, 1.54) is 0 Å². The van der Waals surface area contributed by atoms with Crippen molar-refractivity contribution >= 4 is 33.6 Å². The van der Waals surface area contributed by atoms with Gasteiger partial charge in [-0.25, -0.2) is 0 Å². The van der Waals surface area contributed by atoms with Crippen LogP contribution in [0.4, 0.5) is 0 Å². The number of halogens is 1. The second kappa shape index (κ2) is 6.15. The molecule has 0 bridgehead atoms. The number of aldehydes is 1. The van der Waals surface area contributed by atoms with E-state index in [2.05, 4.69) is 31.0 Å². The topological polar surface area (TPSA) is 59.2 Å². The third-order valence-electron chi connectivity index (χ3n) is 3.41. The number of hydrogen-bond donors (Lipinski definition) is 0. The zero-order valence-electron chi connectivity index (χ0n) is 10.8. The summed E-state index contributed by atoms with van der Waals surface area (Å²) in [7, 11) is 0. The summed E-state index contributed by atoms with van der Waals surface area (Å²) < 4.78 is 6.72. The highest BCUT2D eigenvalue weighted by Gasteiger charge is 2.23. The maximum Gasteiger partial charge on any atom is 0.257 e. The quantitative estimate of drug-likeness (QED) is 0.788. The Bertz CT molecular complexity index is 598. The van der Waals surface area contributed by atoms with Crippen molar-refractivity contribution in [3.8, 4) is 10.8 Å². The van der Waals surface area contributed by atoms with E-state index in [1.54, 1.807) is 11.3 Å². The first-order valence-corrected chi connectivity index (χ1v) is 8.14. The molecule has 0 aliphatic carbocycles. The van der Waals surface area contributed by atoms with Crippen LogP contribution in [0.1, 0.15) is 25.2 Å². The SMILES string of the molecule is O=CC1CCCCN1Cc1nnc(-c2ccc(Br)s2)o1. The third kappa shape index (κ3) is 2.99. The normalized spacial score (nSPS) is 20.1. The molecule has 1 unspecified atom stereocenters. The molecule has 0 spiro atoms. The number of carbonyl (C=O) groups is 1. The number of nitrogens with zero attached hydrogens (tertiary/aromatic N) is 3. The molecule has 1 saturated heterocycles. The fourth-order valence-corrected chi connectivity index (χ4v) is 3.69. The lowest BCUT2D eigenvalue weighted by Crippen LogP contribution is -2.39. The van der Waals surface area contributed by atoms with E-state index in [-0.39, 0.29) is 6.04 Å². The molecule has 0 saturated carbocycles. The molecule has 1 aliphatic rings. The van der Waals surface area contributed by atoms with Gasteiger partial charge in [-0.1, -0.05) is 6.42 Å². The summed E-state index contributed by atoms with van der Waals surface area (Å²) in [4.78, 5) is 14.1. The average molecular weight is 356 g/mol. The summed E-state index contributed by atoms with van der Waals surface area (Å²) in [5.74, 6) is 1.11. The Kier molecular flexibility index (Phi) is 4.28. The van der Waals surface area contributed by atoms with Crippen molar-refractivity contribution in [3.63, 3.8) is 0 Å². The van der Waals surface area contributed by atoms with E-state index in [0.717, 1.165) is 40.8 Å². The van der Waals surface area contributed by atoms with Crippen molar-refractivity contribution in [1.29, 1.82) is 0 Å². The van der Waals surface area contributed by atoms with Crippen molar-refractivity contribution in [1.82, 2.24) is 15.1 Å². The molecule has 20 heavy (non-hydrogen) atoms. The minimum atomic E-state index is -0.0185. The summed E-state index contributed by atoms with van der Waals surface area (Å²) in [6.45, 7) is 1.45. The molecule has 0 amide bonds. The van der Waals surface area contributed by atoms with E-state index >= 15 is 0 Å². The first-order chi connectivity index (χ1) is 9.76. The number of thiophene rings is 1. The van der Waals surface area contributed by atoms with E-state index in [1.807, 2.05) is 12.1 Å². The van der Waals surface area contributed by atoms with Crippen molar-refractivity contribution in [3.05, 3.63) is 21.8 Å². The Morgan fingerprint density at radius 3 is 3.10 bits per heavy atom. The van der Waals surface area contributed by atoms with E-state index in [9.17, 15) is 4.79 Å². The number of piperidine rings is 1. The van der Waals surface area contributed by atoms with Crippen LogP contribution in [-0.2, 0) is 11.3 Å². The van der Waals surface area contributed by atoms with Crippen molar-refractivity contribution in [2.24, 2.45) is 0 Å². The lowest BCUT2D eigenvalue weighted by atomic mass is 10.0. The van der Waals surface area contributed by atoms with Crippen LogP contribution in [0.5, 0.6) is 0 Å². The smallest absolute Gasteiger partial charge is 0.257 e. The molecule has 3 heterocycles. The fourth-order valence-electron chi connectivity index (χ4n) is 2.39. The predicted octanol–water partition coefficient (Wildman–Crippen LogP) is 3.11. The minimum absolute atomic E-state index is 0.0185. The maximum atomic E-state index is 11.1. The Balaban J connectivity index is 1.72. The Hall–Kier alpha value is -1.05. The number of carbonyl (C=O) groups excluding carboxylic acids is 1. The summed E-state index contributed by atoms with van der Waals surface area (Å²) in [5, 5.41) is 8.16. The standard InChI is InChI=1S/C13H14BrN3O2S/c14-11-5-4-10(20-11)13-16-15-12(19-13)7-17-6-2-1-3-9(17)8-18/h4-5,8-9H,1-3,6-7H2. The van der Waals surface area contributed by atoms with Crippen molar-refractivity contribution in [2.75, 3.05) is 6.54 Å². The molecule has 2 aromatic heterocycles. The zero-order chi connectivity index (χ0) is 13.9. The third-order valence-corrected chi connectivity index (χ3v) is 5.02. The van der Waals surface area contributed by atoms with E-state index in [4.69, 9.17) is 4.42 Å². The number of hydrogen-bond acceptors (Lipinski definition) is 6. The lowest BCUT2D eigenvalue weighted by molar-refractivity contribution is -0.113. The van der Waals surface area contributed by atoms with E-state index < -0.39 is 0 Å². The summed E-state index contributed by atoms with van der Waals surface area (Å²) >= 11 is 4.97. The molecule has 106 valence electrons. The van der Waals surface area contributed by atoms with Crippen LogP contribution in [0.25, 0.3) is 10.8 Å². The van der Waals surface area contributed by atoms with Gasteiger partial charge in [-0.2, -0.15) is 0 Å². The monoisotopic (exact) mass is 355 g/mol. The Labute approximate surface area is 129 Å².